The summed E-state index contributed by atoms with van der Waals surface area (Å²) in [5, 5.41) is 9.38. The van der Waals surface area contributed by atoms with Crippen molar-refractivity contribution in [2.75, 3.05) is 18.0 Å². The van der Waals surface area contributed by atoms with Gasteiger partial charge in [-0.1, -0.05) is 0 Å². The fourth-order valence-corrected chi connectivity index (χ4v) is 2.30. The number of hydrogen-bond acceptors (Lipinski definition) is 2. The number of benzene rings is 1. The van der Waals surface area contributed by atoms with E-state index in [4.69, 9.17) is 0 Å². The lowest BCUT2D eigenvalue weighted by atomic mass is 10.1. The maximum Gasteiger partial charge on any atom is 0.416 e. The summed E-state index contributed by atoms with van der Waals surface area (Å²) in [6.07, 6.45) is -9.32. The van der Waals surface area contributed by atoms with Crippen molar-refractivity contribution in [1.82, 2.24) is 0 Å². The van der Waals surface area contributed by atoms with Crippen LogP contribution in [0.3, 0.4) is 0 Å². The molecule has 0 aliphatic carbocycles. The molecule has 2 nitrogen and oxygen atoms in total. The molecule has 122 valence electrons. The molecule has 0 atom stereocenters. The van der Waals surface area contributed by atoms with Gasteiger partial charge in [-0.25, -0.2) is 0 Å². The van der Waals surface area contributed by atoms with Crippen molar-refractivity contribution < 1.29 is 31.4 Å². The van der Waals surface area contributed by atoms with E-state index < -0.39 is 23.5 Å². The average molecular weight is 325 g/mol. The number of hydrogen-bond donors (Lipinski definition) is 1. The molecule has 0 spiro atoms. The summed E-state index contributed by atoms with van der Waals surface area (Å²) in [5.74, 6) is 0.0468. The molecule has 1 aliphatic heterocycles. The molecule has 0 saturated carbocycles. The Morgan fingerprint density at radius 2 is 1.50 bits per heavy atom. The Bertz CT molecular complexity index is 566. The van der Waals surface area contributed by atoms with Crippen LogP contribution in [-0.4, -0.2) is 18.2 Å². The second-order valence-electron chi connectivity index (χ2n) is 5.12. The first-order chi connectivity index (χ1) is 9.98. The first-order valence-electron chi connectivity index (χ1n) is 6.40. The zero-order valence-corrected chi connectivity index (χ0v) is 11.5. The minimum atomic E-state index is -4.86. The van der Waals surface area contributed by atoms with Crippen LogP contribution >= 0.6 is 0 Å². The van der Waals surface area contributed by atoms with E-state index in [1.807, 2.05) is 0 Å². The van der Waals surface area contributed by atoms with E-state index in [0.29, 0.717) is 24.1 Å². The summed E-state index contributed by atoms with van der Waals surface area (Å²) in [5.41, 5.74) is -2.23. The van der Waals surface area contributed by atoms with E-state index >= 15 is 0 Å². The van der Waals surface area contributed by atoms with Crippen molar-refractivity contribution in [3.8, 4) is 0 Å². The first kappa shape index (κ1) is 16.5. The number of anilines is 1. The second-order valence-corrected chi connectivity index (χ2v) is 5.12. The number of nitrogens with zero attached hydrogens (tertiary/aromatic N) is 1. The van der Waals surface area contributed by atoms with Gasteiger partial charge in [-0.2, -0.15) is 26.3 Å². The quantitative estimate of drug-likeness (QED) is 0.594. The Kier molecular flexibility index (Phi) is 4.06. The van der Waals surface area contributed by atoms with Crippen LogP contribution in [0.2, 0.25) is 0 Å². The predicted molar refractivity (Wildman–Crippen MR) is 68.6 cm³/mol. The maximum atomic E-state index is 12.8. The molecule has 0 radical (unpaired) electrons. The van der Waals surface area contributed by atoms with E-state index in [1.165, 1.54) is 11.8 Å². The average Bonchev–Trinajstić information content (AvgIpc) is 2.85. The van der Waals surface area contributed by atoms with Gasteiger partial charge in [-0.05, 0) is 37.1 Å². The van der Waals surface area contributed by atoms with Crippen LogP contribution in [0.4, 0.5) is 32.0 Å². The number of allylic oxidation sites excluding steroid dienone is 1. The number of rotatable bonds is 1. The first-order valence-corrected chi connectivity index (χ1v) is 6.40. The fourth-order valence-electron chi connectivity index (χ4n) is 2.30. The van der Waals surface area contributed by atoms with Crippen LogP contribution < -0.4 is 4.90 Å². The number of aliphatic hydroxyl groups is 1. The van der Waals surface area contributed by atoms with Crippen molar-refractivity contribution in [2.45, 2.75) is 25.7 Å². The SMILES string of the molecule is CC(O)=C1CCN(c2cc(C(F)(F)F)cc(C(F)(F)F)c2)C1. The van der Waals surface area contributed by atoms with Crippen molar-refractivity contribution in [2.24, 2.45) is 0 Å². The molecule has 0 unspecified atom stereocenters. The van der Waals surface area contributed by atoms with Crippen LogP contribution in [0.25, 0.3) is 0 Å². The number of alkyl halides is 6. The summed E-state index contributed by atoms with van der Waals surface area (Å²) in [4.78, 5) is 1.39. The highest BCUT2D eigenvalue weighted by Gasteiger charge is 2.37. The summed E-state index contributed by atoms with van der Waals surface area (Å²) in [6.45, 7) is 1.80. The van der Waals surface area contributed by atoms with E-state index in [1.54, 1.807) is 0 Å². The number of aliphatic hydroxyl groups excluding tert-OH is 1. The molecule has 22 heavy (non-hydrogen) atoms. The van der Waals surface area contributed by atoms with E-state index in [-0.39, 0.29) is 30.6 Å². The minimum absolute atomic E-state index is 0.0468. The third-order valence-electron chi connectivity index (χ3n) is 3.51. The Hall–Kier alpha value is -1.86. The monoisotopic (exact) mass is 325 g/mol. The van der Waals surface area contributed by atoms with Crippen LogP contribution in [0, 0.1) is 0 Å². The van der Waals surface area contributed by atoms with Crippen molar-refractivity contribution in [3.63, 3.8) is 0 Å². The second kappa shape index (κ2) is 5.40. The lowest BCUT2D eigenvalue weighted by Crippen LogP contribution is -2.20. The van der Waals surface area contributed by atoms with Gasteiger partial charge >= 0.3 is 12.4 Å². The van der Waals surface area contributed by atoms with Gasteiger partial charge in [-0.15, -0.1) is 0 Å². The van der Waals surface area contributed by atoms with E-state index in [2.05, 4.69) is 0 Å². The van der Waals surface area contributed by atoms with E-state index in [0.717, 1.165) is 0 Å². The molecule has 0 aromatic heterocycles. The van der Waals surface area contributed by atoms with Crippen LogP contribution in [0.15, 0.2) is 29.5 Å². The smallest absolute Gasteiger partial charge is 0.416 e. The van der Waals surface area contributed by atoms with E-state index in [9.17, 15) is 31.4 Å². The minimum Gasteiger partial charge on any atom is -0.513 e. The highest BCUT2D eigenvalue weighted by atomic mass is 19.4. The van der Waals surface area contributed by atoms with Gasteiger partial charge in [0.2, 0.25) is 0 Å². The standard InChI is InChI=1S/C14H13F6NO/c1-8(22)9-2-3-21(7-9)12-5-10(13(15,16)17)4-11(6-12)14(18,19)20/h4-6,22H,2-3,7H2,1H3. The van der Waals surface area contributed by atoms with Crippen LogP contribution in [-0.2, 0) is 12.4 Å². The zero-order chi connectivity index (χ0) is 16.7. The lowest BCUT2D eigenvalue weighted by molar-refractivity contribution is -0.143. The molecule has 8 heteroatoms. The van der Waals surface area contributed by atoms with Gasteiger partial charge in [0.1, 0.15) is 0 Å². The van der Waals surface area contributed by atoms with Crippen LogP contribution in [0.1, 0.15) is 24.5 Å². The van der Waals surface area contributed by atoms with Gasteiger partial charge in [-0.3, -0.25) is 0 Å². The zero-order valence-electron chi connectivity index (χ0n) is 11.5. The predicted octanol–water partition coefficient (Wildman–Crippen LogP) is 4.77. The Morgan fingerprint density at radius 1 is 1.00 bits per heavy atom. The maximum absolute atomic E-state index is 12.8. The summed E-state index contributed by atoms with van der Waals surface area (Å²) in [7, 11) is 0. The highest BCUT2D eigenvalue weighted by Crippen LogP contribution is 2.39. The molecule has 1 N–H and O–H groups in total. The topological polar surface area (TPSA) is 23.5 Å². The third kappa shape index (κ3) is 3.48. The summed E-state index contributed by atoms with van der Waals surface area (Å²) in [6, 6.07) is 1.50. The molecule has 1 aromatic rings. The third-order valence-corrected chi connectivity index (χ3v) is 3.51. The summed E-state index contributed by atoms with van der Waals surface area (Å²) >= 11 is 0. The van der Waals surface area contributed by atoms with Gasteiger partial charge in [0, 0.05) is 18.8 Å². The molecular weight excluding hydrogens is 312 g/mol. The van der Waals surface area contributed by atoms with Gasteiger partial charge in [0.15, 0.2) is 0 Å². The van der Waals surface area contributed by atoms with Gasteiger partial charge < -0.3 is 10.0 Å². The molecule has 1 saturated heterocycles. The Labute approximate surface area is 122 Å². The molecule has 1 aliphatic rings. The molecule has 0 amide bonds. The Balaban J connectivity index is 2.46. The van der Waals surface area contributed by atoms with Gasteiger partial charge in [0.25, 0.3) is 0 Å². The lowest BCUT2D eigenvalue weighted by Gasteiger charge is -2.21. The van der Waals surface area contributed by atoms with Crippen LogP contribution in [0.5, 0.6) is 0 Å². The molecule has 1 aromatic carbocycles. The Morgan fingerprint density at radius 3 is 1.86 bits per heavy atom. The molecule has 1 heterocycles. The van der Waals surface area contributed by atoms with Crippen molar-refractivity contribution >= 4 is 5.69 Å². The fraction of sp³-hybridized carbons (Fsp3) is 0.429. The van der Waals surface area contributed by atoms with Gasteiger partial charge in [0.05, 0.1) is 16.9 Å². The number of halogens is 6. The van der Waals surface area contributed by atoms with Crippen molar-refractivity contribution in [3.05, 3.63) is 40.7 Å². The normalized spacial score (nSPS) is 18.8. The molecule has 1 fully saturated rings. The molecule has 0 bridgehead atoms. The highest BCUT2D eigenvalue weighted by molar-refractivity contribution is 5.55. The molecule has 2 rings (SSSR count). The van der Waals surface area contributed by atoms with Crippen molar-refractivity contribution in [1.29, 1.82) is 0 Å². The molecular formula is C14H13F6NO. The largest absolute Gasteiger partial charge is 0.513 e. The summed E-state index contributed by atoms with van der Waals surface area (Å²) < 4.78 is 76.8.